The summed E-state index contributed by atoms with van der Waals surface area (Å²) in [6, 6.07) is 7.77. The van der Waals surface area contributed by atoms with Crippen molar-refractivity contribution in [2.24, 2.45) is 5.73 Å². The molecular formula is C10H13NO2. The lowest BCUT2D eigenvalue weighted by atomic mass is 10.00. The van der Waals surface area contributed by atoms with Gasteiger partial charge >= 0.3 is 0 Å². The topological polar surface area (TPSA) is 44.5 Å². The molecule has 0 radical (unpaired) electrons. The molecule has 0 spiro atoms. The van der Waals surface area contributed by atoms with E-state index < -0.39 is 0 Å². The van der Waals surface area contributed by atoms with Crippen molar-refractivity contribution in [3.8, 4) is 5.75 Å². The Morgan fingerprint density at radius 3 is 3.00 bits per heavy atom. The highest BCUT2D eigenvalue weighted by molar-refractivity contribution is 5.37. The summed E-state index contributed by atoms with van der Waals surface area (Å²) in [6.07, 6.45) is -0.0371. The van der Waals surface area contributed by atoms with E-state index in [1.54, 1.807) is 7.11 Å². The van der Waals surface area contributed by atoms with E-state index >= 15 is 0 Å². The monoisotopic (exact) mass is 179 g/mol. The molecule has 0 bridgehead atoms. The summed E-state index contributed by atoms with van der Waals surface area (Å²) in [5.41, 5.74) is 6.90. The molecule has 2 atom stereocenters. The van der Waals surface area contributed by atoms with Crippen molar-refractivity contribution < 1.29 is 9.47 Å². The van der Waals surface area contributed by atoms with Crippen molar-refractivity contribution >= 4 is 0 Å². The Kier molecular flexibility index (Phi) is 2.20. The molecule has 0 amide bonds. The highest BCUT2D eigenvalue weighted by atomic mass is 16.5. The minimum atomic E-state index is -0.0695. The zero-order valence-electron chi connectivity index (χ0n) is 7.57. The Morgan fingerprint density at radius 2 is 2.23 bits per heavy atom. The number of para-hydroxylation sites is 1. The van der Waals surface area contributed by atoms with Gasteiger partial charge in [0.05, 0.1) is 6.04 Å². The third-order valence-corrected chi connectivity index (χ3v) is 2.30. The molecule has 0 aromatic heterocycles. The lowest BCUT2D eigenvalue weighted by Gasteiger charge is -2.29. The predicted octanol–water partition coefficient (Wildman–Crippen LogP) is 1.09. The Balaban J connectivity index is 2.39. The standard InChI is InChI=1S/C10H13NO2/c1-12-10-7-4-2-3-5-9(7)13-6-8(10)11/h2-5,8,10H,6,11H2,1H3/t8-,10-/m0/s1. The van der Waals surface area contributed by atoms with Crippen molar-refractivity contribution in [2.45, 2.75) is 12.1 Å². The maximum absolute atomic E-state index is 5.85. The first-order valence-electron chi connectivity index (χ1n) is 4.33. The van der Waals surface area contributed by atoms with Gasteiger partial charge in [0.2, 0.25) is 0 Å². The van der Waals surface area contributed by atoms with Gasteiger partial charge < -0.3 is 15.2 Å². The van der Waals surface area contributed by atoms with E-state index in [0.29, 0.717) is 6.61 Å². The van der Waals surface area contributed by atoms with Crippen LogP contribution in [0.2, 0.25) is 0 Å². The van der Waals surface area contributed by atoms with Crippen LogP contribution < -0.4 is 10.5 Å². The SMILES string of the molecule is CO[C@H]1c2ccccc2OC[C@@H]1N. The van der Waals surface area contributed by atoms with E-state index in [1.165, 1.54) is 0 Å². The normalized spacial score (nSPS) is 26.3. The van der Waals surface area contributed by atoms with E-state index in [4.69, 9.17) is 15.2 Å². The maximum atomic E-state index is 5.85. The van der Waals surface area contributed by atoms with Crippen molar-refractivity contribution in [1.82, 2.24) is 0 Å². The van der Waals surface area contributed by atoms with Crippen molar-refractivity contribution in [1.29, 1.82) is 0 Å². The molecule has 0 saturated carbocycles. The molecule has 1 aromatic carbocycles. The number of methoxy groups -OCH3 is 1. The van der Waals surface area contributed by atoms with Crippen LogP contribution in [0.4, 0.5) is 0 Å². The Hall–Kier alpha value is -1.06. The van der Waals surface area contributed by atoms with Gasteiger partial charge in [-0.25, -0.2) is 0 Å². The van der Waals surface area contributed by atoms with Crippen LogP contribution in [0.15, 0.2) is 24.3 Å². The van der Waals surface area contributed by atoms with Crippen LogP contribution in [0, 0.1) is 0 Å². The Bertz CT molecular complexity index is 301. The summed E-state index contributed by atoms with van der Waals surface area (Å²) in [4.78, 5) is 0. The predicted molar refractivity (Wildman–Crippen MR) is 49.7 cm³/mol. The van der Waals surface area contributed by atoms with Gasteiger partial charge in [-0.2, -0.15) is 0 Å². The highest BCUT2D eigenvalue weighted by Gasteiger charge is 2.27. The molecule has 70 valence electrons. The zero-order chi connectivity index (χ0) is 9.26. The van der Waals surface area contributed by atoms with Crippen LogP contribution in [0.1, 0.15) is 11.7 Å². The van der Waals surface area contributed by atoms with Crippen LogP contribution in [0.3, 0.4) is 0 Å². The summed E-state index contributed by atoms with van der Waals surface area (Å²) in [6.45, 7) is 0.523. The third-order valence-electron chi connectivity index (χ3n) is 2.30. The molecule has 1 heterocycles. The first kappa shape index (κ1) is 8.53. The molecule has 1 aromatic rings. The number of hydrogen-bond acceptors (Lipinski definition) is 3. The number of hydrogen-bond donors (Lipinski definition) is 1. The Labute approximate surface area is 77.5 Å². The summed E-state index contributed by atoms with van der Waals surface area (Å²) < 4.78 is 10.8. The smallest absolute Gasteiger partial charge is 0.125 e. The molecular weight excluding hydrogens is 166 g/mol. The molecule has 0 unspecified atom stereocenters. The van der Waals surface area contributed by atoms with Gasteiger partial charge in [0.25, 0.3) is 0 Å². The fourth-order valence-electron chi connectivity index (χ4n) is 1.65. The number of fused-ring (bicyclic) bond motifs is 1. The van der Waals surface area contributed by atoms with E-state index in [9.17, 15) is 0 Å². The fraction of sp³-hybridized carbons (Fsp3) is 0.400. The molecule has 13 heavy (non-hydrogen) atoms. The average molecular weight is 179 g/mol. The maximum Gasteiger partial charge on any atom is 0.125 e. The van der Waals surface area contributed by atoms with Gasteiger partial charge in [-0.15, -0.1) is 0 Å². The van der Waals surface area contributed by atoms with E-state index in [1.807, 2.05) is 24.3 Å². The van der Waals surface area contributed by atoms with Gasteiger partial charge in [-0.1, -0.05) is 18.2 Å². The van der Waals surface area contributed by atoms with E-state index in [2.05, 4.69) is 0 Å². The minimum Gasteiger partial charge on any atom is -0.491 e. The van der Waals surface area contributed by atoms with Crippen molar-refractivity contribution in [3.05, 3.63) is 29.8 Å². The molecule has 0 aliphatic carbocycles. The van der Waals surface area contributed by atoms with Crippen molar-refractivity contribution in [3.63, 3.8) is 0 Å². The van der Waals surface area contributed by atoms with Crippen LogP contribution >= 0.6 is 0 Å². The number of ether oxygens (including phenoxy) is 2. The van der Waals surface area contributed by atoms with Gasteiger partial charge in [0.15, 0.2) is 0 Å². The summed E-state index contributed by atoms with van der Waals surface area (Å²) in [5.74, 6) is 0.885. The van der Waals surface area contributed by atoms with Gasteiger partial charge in [-0.3, -0.25) is 0 Å². The summed E-state index contributed by atoms with van der Waals surface area (Å²) in [7, 11) is 1.67. The van der Waals surface area contributed by atoms with Crippen LogP contribution in [0.25, 0.3) is 0 Å². The minimum absolute atomic E-state index is 0.0371. The first-order chi connectivity index (χ1) is 6.33. The molecule has 2 N–H and O–H groups in total. The van der Waals surface area contributed by atoms with Crippen LogP contribution in [-0.2, 0) is 4.74 Å². The lowest BCUT2D eigenvalue weighted by Crippen LogP contribution is -2.38. The largest absolute Gasteiger partial charge is 0.491 e. The molecule has 1 aliphatic heterocycles. The second kappa shape index (κ2) is 3.36. The second-order valence-electron chi connectivity index (χ2n) is 3.17. The zero-order valence-corrected chi connectivity index (χ0v) is 7.57. The molecule has 3 heteroatoms. The van der Waals surface area contributed by atoms with Crippen LogP contribution in [0.5, 0.6) is 5.75 Å². The van der Waals surface area contributed by atoms with Gasteiger partial charge in [-0.05, 0) is 6.07 Å². The second-order valence-corrected chi connectivity index (χ2v) is 3.17. The molecule has 0 saturated heterocycles. The lowest BCUT2D eigenvalue weighted by molar-refractivity contribution is 0.0454. The molecule has 2 rings (SSSR count). The molecule has 0 fully saturated rings. The number of nitrogens with two attached hydrogens (primary N) is 1. The van der Waals surface area contributed by atoms with Gasteiger partial charge in [0, 0.05) is 12.7 Å². The van der Waals surface area contributed by atoms with E-state index in [0.717, 1.165) is 11.3 Å². The third kappa shape index (κ3) is 1.41. The van der Waals surface area contributed by atoms with Crippen molar-refractivity contribution in [2.75, 3.05) is 13.7 Å². The summed E-state index contributed by atoms with van der Waals surface area (Å²) in [5, 5.41) is 0. The highest BCUT2D eigenvalue weighted by Crippen LogP contribution is 2.32. The molecule has 3 nitrogen and oxygen atoms in total. The van der Waals surface area contributed by atoms with Gasteiger partial charge in [0.1, 0.15) is 18.5 Å². The first-order valence-corrected chi connectivity index (χ1v) is 4.33. The molecule has 1 aliphatic rings. The fourth-order valence-corrected chi connectivity index (χ4v) is 1.65. The summed E-state index contributed by atoms with van der Waals surface area (Å²) >= 11 is 0. The Morgan fingerprint density at radius 1 is 1.46 bits per heavy atom. The number of benzene rings is 1. The average Bonchev–Trinajstić information content (AvgIpc) is 2.18. The quantitative estimate of drug-likeness (QED) is 0.702. The number of rotatable bonds is 1. The van der Waals surface area contributed by atoms with E-state index in [-0.39, 0.29) is 12.1 Å². The van der Waals surface area contributed by atoms with Crippen LogP contribution in [-0.4, -0.2) is 19.8 Å².